The molecule has 0 N–H and O–H groups in total. The zero-order valence-corrected chi connectivity index (χ0v) is 7.56. The second-order valence-electron chi connectivity index (χ2n) is 2.89. The average Bonchev–Trinajstić information content (AvgIpc) is 2.26. The van der Waals surface area contributed by atoms with Crippen LogP contribution in [-0.2, 0) is 16.1 Å². The molecule has 0 saturated carbocycles. The van der Waals surface area contributed by atoms with Crippen molar-refractivity contribution in [2.24, 2.45) is 0 Å². The first-order valence-corrected chi connectivity index (χ1v) is 4.34. The summed E-state index contributed by atoms with van der Waals surface area (Å²) in [6, 6.07) is 5.48. The van der Waals surface area contributed by atoms with Crippen molar-refractivity contribution in [1.82, 2.24) is 0 Å². The van der Waals surface area contributed by atoms with E-state index in [0.717, 1.165) is 11.3 Å². The van der Waals surface area contributed by atoms with E-state index in [4.69, 9.17) is 9.47 Å². The van der Waals surface area contributed by atoms with Crippen LogP contribution in [0.3, 0.4) is 0 Å². The Kier molecular flexibility index (Phi) is 2.53. The minimum atomic E-state index is 0.264. The van der Waals surface area contributed by atoms with E-state index in [1.807, 2.05) is 18.2 Å². The SMILES string of the molecule is O=COCc1ccc2c(c1)OCCO2. The van der Waals surface area contributed by atoms with Crippen molar-refractivity contribution in [3.8, 4) is 11.5 Å². The number of hydrogen-bond donors (Lipinski definition) is 0. The molecule has 0 fully saturated rings. The summed E-state index contributed by atoms with van der Waals surface area (Å²) in [4.78, 5) is 9.99. The predicted octanol–water partition coefficient (Wildman–Crippen LogP) is 1.13. The molecule has 1 aliphatic rings. The molecule has 0 unspecified atom stereocenters. The fourth-order valence-corrected chi connectivity index (χ4v) is 1.31. The van der Waals surface area contributed by atoms with Crippen molar-refractivity contribution < 1.29 is 19.0 Å². The maximum absolute atomic E-state index is 9.99. The van der Waals surface area contributed by atoms with Crippen LogP contribution in [0.25, 0.3) is 0 Å². The smallest absolute Gasteiger partial charge is 0.293 e. The number of rotatable bonds is 3. The summed E-state index contributed by atoms with van der Waals surface area (Å²) in [6.07, 6.45) is 0. The molecule has 1 aromatic rings. The summed E-state index contributed by atoms with van der Waals surface area (Å²) in [6.45, 7) is 1.83. The first-order chi connectivity index (χ1) is 6.90. The fraction of sp³-hybridized carbons (Fsp3) is 0.300. The molecule has 0 amide bonds. The number of fused-ring (bicyclic) bond motifs is 1. The Hall–Kier alpha value is -1.71. The van der Waals surface area contributed by atoms with E-state index in [2.05, 4.69) is 4.74 Å². The standard InChI is InChI=1S/C10H10O4/c11-7-12-6-8-1-2-9-10(5-8)14-4-3-13-9/h1-2,5,7H,3-4,6H2. The second kappa shape index (κ2) is 4.00. The van der Waals surface area contributed by atoms with Crippen LogP contribution in [0.15, 0.2) is 18.2 Å². The van der Waals surface area contributed by atoms with Crippen LogP contribution in [0.1, 0.15) is 5.56 Å². The maximum atomic E-state index is 9.99. The van der Waals surface area contributed by atoms with E-state index < -0.39 is 0 Å². The molecule has 4 nitrogen and oxygen atoms in total. The lowest BCUT2D eigenvalue weighted by Crippen LogP contribution is -2.15. The first kappa shape index (κ1) is 8.87. The lowest BCUT2D eigenvalue weighted by molar-refractivity contribution is -0.129. The normalized spacial score (nSPS) is 13.4. The van der Waals surface area contributed by atoms with Crippen LogP contribution in [0.4, 0.5) is 0 Å². The minimum Gasteiger partial charge on any atom is -0.486 e. The summed E-state index contributed by atoms with van der Waals surface area (Å²) in [7, 11) is 0. The van der Waals surface area contributed by atoms with Crippen molar-refractivity contribution in [2.75, 3.05) is 13.2 Å². The van der Waals surface area contributed by atoms with Gasteiger partial charge in [0, 0.05) is 0 Å². The van der Waals surface area contributed by atoms with Crippen LogP contribution >= 0.6 is 0 Å². The summed E-state index contributed by atoms with van der Waals surface area (Å²) in [5, 5.41) is 0. The molecule has 1 aliphatic heterocycles. The molecule has 14 heavy (non-hydrogen) atoms. The third kappa shape index (κ3) is 1.79. The molecule has 0 spiro atoms. The molecule has 0 aromatic heterocycles. The van der Waals surface area contributed by atoms with Gasteiger partial charge in [-0.3, -0.25) is 4.79 Å². The Morgan fingerprint density at radius 1 is 1.29 bits per heavy atom. The highest BCUT2D eigenvalue weighted by Crippen LogP contribution is 2.30. The average molecular weight is 194 g/mol. The molecule has 1 heterocycles. The Morgan fingerprint density at radius 2 is 2.07 bits per heavy atom. The van der Waals surface area contributed by atoms with Crippen LogP contribution < -0.4 is 9.47 Å². The van der Waals surface area contributed by atoms with Crippen molar-refractivity contribution in [2.45, 2.75) is 6.61 Å². The second-order valence-corrected chi connectivity index (χ2v) is 2.89. The van der Waals surface area contributed by atoms with Crippen LogP contribution in [-0.4, -0.2) is 19.7 Å². The van der Waals surface area contributed by atoms with Gasteiger partial charge >= 0.3 is 0 Å². The number of benzene rings is 1. The van der Waals surface area contributed by atoms with Crippen LogP contribution in [0, 0.1) is 0 Å². The fourth-order valence-electron chi connectivity index (χ4n) is 1.31. The molecule has 0 saturated heterocycles. The van der Waals surface area contributed by atoms with Crippen molar-refractivity contribution >= 4 is 6.47 Å². The maximum Gasteiger partial charge on any atom is 0.293 e. The Bertz CT molecular complexity index is 335. The van der Waals surface area contributed by atoms with E-state index in [1.54, 1.807) is 0 Å². The molecule has 1 aromatic carbocycles. The van der Waals surface area contributed by atoms with Gasteiger partial charge in [-0.25, -0.2) is 0 Å². The van der Waals surface area contributed by atoms with E-state index in [1.165, 1.54) is 0 Å². The van der Waals surface area contributed by atoms with Gasteiger partial charge in [0.25, 0.3) is 6.47 Å². The quantitative estimate of drug-likeness (QED) is 0.676. The number of carbonyl (C=O) groups is 1. The van der Waals surface area contributed by atoms with Crippen molar-refractivity contribution in [1.29, 1.82) is 0 Å². The molecule has 0 radical (unpaired) electrons. The molecule has 0 atom stereocenters. The first-order valence-electron chi connectivity index (χ1n) is 4.34. The zero-order chi connectivity index (χ0) is 9.80. The lowest BCUT2D eigenvalue weighted by Gasteiger charge is -2.18. The van der Waals surface area contributed by atoms with Gasteiger partial charge in [-0.05, 0) is 17.7 Å². The van der Waals surface area contributed by atoms with Crippen molar-refractivity contribution in [3.05, 3.63) is 23.8 Å². The van der Waals surface area contributed by atoms with E-state index in [0.29, 0.717) is 25.4 Å². The highest BCUT2D eigenvalue weighted by atomic mass is 16.6. The minimum absolute atomic E-state index is 0.264. The largest absolute Gasteiger partial charge is 0.486 e. The molecular weight excluding hydrogens is 184 g/mol. The van der Waals surface area contributed by atoms with Gasteiger partial charge in [0.05, 0.1) is 0 Å². The Balaban J connectivity index is 2.16. The van der Waals surface area contributed by atoms with Gasteiger partial charge in [-0.15, -0.1) is 0 Å². The molecular formula is C10H10O4. The molecule has 0 bridgehead atoms. The molecule has 0 aliphatic carbocycles. The Morgan fingerprint density at radius 3 is 2.86 bits per heavy atom. The van der Waals surface area contributed by atoms with Gasteiger partial charge < -0.3 is 14.2 Å². The van der Waals surface area contributed by atoms with Gasteiger partial charge in [-0.1, -0.05) is 6.07 Å². The topological polar surface area (TPSA) is 44.8 Å². The predicted molar refractivity (Wildman–Crippen MR) is 48.3 cm³/mol. The van der Waals surface area contributed by atoms with Crippen LogP contribution in [0.5, 0.6) is 11.5 Å². The van der Waals surface area contributed by atoms with Gasteiger partial charge in [0.1, 0.15) is 19.8 Å². The van der Waals surface area contributed by atoms with E-state index >= 15 is 0 Å². The summed E-state index contributed by atoms with van der Waals surface area (Å²) < 4.78 is 15.4. The summed E-state index contributed by atoms with van der Waals surface area (Å²) in [5.41, 5.74) is 0.890. The molecule has 4 heteroatoms. The van der Waals surface area contributed by atoms with E-state index in [-0.39, 0.29) is 6.61 Å². The van der Waals surface area contributed by atoms with Gasteiger partial charge in [0.2, 0.25) is 0 Å². The lowest BCUT2D eigenvalue weighted by atomic mass is 10.2. The number of hydrogen-bond acceptors (Lipinski definition) is 4. The van der Waals surface area contributed by atoms with Crippen molar-refractivity contribution in [3.63, 3.8) is 0 Å². The zero-order valence-electron chi connectivity index (χ0n) is 7.56. The summed E-state index contributed by atoms with van der Waals surface area (Å²) >= 11 is 0. The molecule has 2 rings (SSSR count). The summed E-state index contributed by atoms with van der Waals surface area (Å²) in [5.74, 6) is 1.45. The third-order valence-electron chi connectivity index (χ3n) is 1.92. The van der Waals surface area contributed by atoms with Gasteiger partial charge in [0.15, 0.2) is 11.5 Å². The highest BCUT2D eigenvalue weighted by Gasteiger charge is 2.11. The monoisotopic (exact) mass is 194 g/mol. The third-order valence-corrected chi connectivity index (χ3v) is 1.92. The number of carbonyl (C=O) groups excluding carboxylic acids is 1. The Labute approximate surface area is 81.4 Å². The number of ether oxygens (including phenoxy) is 3. The van der Waals surface area contributed by atoms with E-state index in [9.17, 15) is 4.79 Å². The highest BCUT2D eigenvalue weighted by molar-refractivity contribution is 5.44. The van der Waals surface area contributed by atoms with Crippen LogP contribution in [0.2, 0.25) is 0 Å². The van der Waals surface area contributed by atoms with Gasteiger partial charge in [-0.2, -0.15) is 0 Å². The molecule has 74 valence electrons.